The molecule has 130 valence electrons. The van der Waals surface area contributed by atoms with Gasteiger partial charge in [0.2, 0.25) is 0 Å². The van der Waals surface area contributed by atoms with Gasteiger partial charge in [0.1, 0.15) is 0 Å². The van der Waals surface area contributed by atoms with E-state index in [0.717, 1.165) is 12.0 Å². The molecule has 0 atom stereocenters. The Morgan fingerprint density at radius 3 is 2.28 bits per heavy atom. The molecule has 0 unspecified atom stereocenters. The number of hydrogen-bond acceptors (Lipinski definition) is 4. The van der Waals surface area contributed by atoms with E-state index in [4.69, 9.17) is 0 Å². The normalized spacial score (nSPS) is 11.6. The Labute approximate surface area is 143 Å². The third-order valence-electron chi connectivity index (χ3n) is 3.89. The molecule has 0 bridgehead atoms. The molecule has 0 fully saturated rings. The highest BCUT2D eigenvalue weighted by molar-refractivity contribution is 7.92. The molecule has 25 heavy (non-hydrogen) atoms. The van der Waals surface area contributed by atoms with Crippen LogP contribution in [0.4, 0.5) is 5.69 Å². The lowest BCUT2D eigenvalue weighted by Gasteiger charge is -2.12. The SMILES string of the molecule is CCc1cccc(NS(=O)(=O)c2cc3[nH]c(=O)c(=O)[nH]c3cc2C)c1. The molecular formula is C17H17N3O4S. The predicted octanol–water partition coefficient (Wildman–Crippen LogP) is 1.89. The zero-order valence-electron chi connectivity index (χ0n) is 13.7. The van der Waals surface area contributed by atoms with Crippen molar-refractivity contribution in [2.75, 3.05) is 4.72 Å². The van der Waals surface area contributed by atoms with Crippen molar-refractivity contribution in [2.24, 2.45) is 0 Å². The fraction of sp³-hybridized carbons (Fsp3) is 0.176. The van der Waals surface area contributed by atoms with Crippen LogP contribution in [0.25, 0.3) is 11.0 Å². The molecule has 3 rings (SSSR count). The van der Waals surface area contributed by atoms with E-state index in [-0.39, 0.29) is 10.4 Å². The molecule has 0 aliphatic carbocycles. The highest BCUT2D eigenvalue weighted by Gasteiger charge is 2.18. The van der Waals surface area contributed by atoms with Crippen LogP contribution < -0.4 is 15.8 Å². The van der Waals surface area contributed by atoms with Gasteiger partial charge in [-0.15, -0.1) is 0 Å². The van der Waals surface area contributed by atoms with E-state index in [1.807, 2.05) is 13.0 Å². The second-order valence-corrected chi connectivity index (χ2v) is 7.38. The second-order valence-electron chi connectivity index (χ2n) is 5.73. The summed E-state index contributed by atoms with van der Waals surface area (Å²) in [7, 11) is -3.85. The predicted molar refractivity (Wildman–Crippen MR) is 96.6 cm³/mol. The minimum atomic E-state index is -3.85. The van der Waals surface area contributed by atoms with Crippen molar-refractivity contribution in [1.82, 2.24) is 9.97 Å². The largest absolute Gasteiger partial charge is 0.316 e. The molecule has 3 N–H and O–H groups in total. The molecule has 0 spiro atoms. The maximum absolute atomic E-state index is 12.7. The fourth-order valence-electron chi connectivity index (χ4n) is 2.61. The van der Waals surface area contributed by atoms with Crippen LogP contribution in [0.5, 0.6) is 0 Å². The van der Waals surface area contributed by atoms with Crippen molar-refractivity contribution in [1.29, 1.82) is 0 Å². The first-order valence-electron chi connectivity index (χ1n) is 7.69. The van der Waals surface area contributed by atoms with Crippen molar-refractivity contribution < 1.29 is 8.42 Å². The number of aromatic amines is 2. The first kappa shape index (κ1) is 17.0. The van der Waals surface area contributed by atoms with Gasteiger partial charge in [0, 0.05) is 5.69 Å². The van der Waals surface area contributed by atoms with Crippen LogP contribution in [0.3, 0.4) is 0 Å². The summed E-state index contributed by atoms with van der Waals surface area (Å²) in [6.07, 6.45) is 0.791. The van der Waals surface area contributed by atoms with Crippen LogP contribution >= 0.6 is 0 Å². The number of nitrogens with one attached hydrogen (secondary N) is 3. The van der Waals surface area contributed by atoms with Gasteiger partial charge in [0.25, 0.3) is 10.0 Å². The molecule has 0 saturated heterocycles. The van der Waals surface area contributed by atoms with Gasteiger partial charge in [0.15, 0.2) is 0 Å². The minimum absolute atomic E-state index is 0.0320. The topological polar surface area (TPSA) is 112 Å². The Morgan fingerprint density at radius 1 is 1.00 bits per heavy atom. The summed E-state index contributed by atoms with van der Waals surface area (Å²) in [5.74, 6) is 0. The average molecular weight is 359 g/mol. The van der Waals surface area contributed by atoms with E-state index >= 15 is 0 Å². The summed E-state index contributed by atoms with van der Waals surface area (Å²) < 4.78 is 28.0. The van der Waals surface area contributed by atoms with E-state index in [0.29, 0.717) is 16.8 Å². The van der Waals surface area contributed by atoms with Gasteiger partial charge in [-0.2, -0.15) is 0 Å². The molecular weight excluding hydrogens is 342 g/mol. The number of aromatic nitrogens is 2. The first-order valence-corrected chi connectivity index (χ1v) is 9.17. The number of benzene rings is 2. The standard InChI is InChI=1S/C17H17N3O4S/c1-3-11-5-4-6-12(8-11)20-25(23,24)15-9-14-13(7-10(15)2)18-16(21)17(22)19-14/h4-9,20H,3H2,1-2H3,(H,18,21)(H,19,22). The number of hydrogen-bond donors (Lipinski definition) is 3. The van der Waals surface area contributed by atoms with E-state index in [1.165, 1.54) is 12.1 Å². The fourth-order valence-corrected chi connectivity index (χ4v) is 3.91. The smallest absolute Gasteiger partial charge is 0.314 e. The van der Waals surface area contributed by atoms with Gasteiger partial charge in [-0.3, -0.25) is 14.3 Å². The molecule has 1 heterocycles. The molecule has 7 nitrogen and oxygen atoms in total. The summed E-state index contributed by atoms with van der Waals surface area (Å²) in [6.45, 7) is 3.61. The van der Waals surface area contributed by atoms with Gasteiger partial charge >= 0.3 is 11.1 Å². The van der Waals surface area contributed by atoms with Crippen molar-refractivity contribution >= 4 is 26.7 Å². The van der Waals surface area contributed by atoms with E-state index in [9.17, 15) is 18.0 Å². The van der Waals surface area contributed by atoms with Crippen LogP contribution in [0.2, 0.25) is 0 Å². The highest BCUT2D eigenvalue weighted by Crippen LogP contribution is 2.23. The lowest BCUT2D eigenvalue weighted by atomic mass is 10.1. The van der Waals surface area contributed by atoms with Gasteiger partial charge in [-0.25, -0.2) is 8.42 Å². The molecule has 0 radical (unpaired) electrons. The summed E-state index contributed by atoms with van der Waals surface area (Å²) in [5, 5.41) is 0. The molecule has 0 aliphatic rings. The van der Waals surface area contributed by atoms with Crippen molar-refractivity contribution in [3.05, 3.63) is 68.2 Å². The number of aryl methyl sites for hydroxylation is 2. The zero-order chi connectivity index (χ0) is 18.2. The van der Waals surface area contributed by atoms with Crippen LogP contribution in [0, 0.1) is 6.92 Å². The maximum atomic E-state index is 12.7. The minimum Gasteiger partial charge on any atom is -0.316 e. The molecule has 2 aromatic carbocycles. The van der Waals surface area contributed by atoms with Crippen LogP contribution in [0.15, 0.2) is 50.9 Å². The number of anilines is 1. The summed E-state index contributed by atoms with van der Waals surface area (Å²) in [4.78, 5) is 27.7. The number of rotatable bonds is 4. The van der Waals surface area contributed by atoms with Crippen LogP contribution in [-0.2, 0) is 16.4 Å². The molecule has 0 amide bonds. The van der Waals surface area contributed by atoms with Gasteiger partial charge < -0.3 is 9.97 Å². The monoisotopic (exact) mass is 359 g/mol. The first-order chi connectivity index (χ1) is 11.8. The molecule has 3 aromatic rings. The Balaban J connectivity index is 2.10. The lowest BCUT2D eigenvalue weighted by molar-refractivity contribution is 0.600. The Morgan fingerprint density at radius 2 is 1.64 bits per heavy atom. The molecule has 0 aliphatic heterocycles. The number of fused-ring (bicyclic) bond motifs is 1. The molecule has 1 aromatic heterocycles. The van der Waals surface area contributed by atoms with E-state index in [2.05, 4.69) is 14.7 Å². The molecule has 0 saturated carbocycles. The Kier molecular flexibility index (Phi) is 4.22. The third-order valence-corrected chi connectivity index (χ3v) is 5.42. The van der Waals surface area contributed by atoms with Crippen LogP contribution in [0.1, 0.15) is 18.1 Å². The zero-order valence-corrected chi connectivity index (χ0v) is 14.5. The van der Waals surface area contributed by atoms with Crippen molar-refractivity contribution in [3.8, 4) is 0 Å². The number of H-pyrrole nitrogens is 2. The quantitative estimate of drug-likeness (QED) is 0.618. The van der Waals surface area contributed by atoms with Crippen molar-refractivity contribution in [2.45, 2.75) is 25.2 Å². The van der Waals surface area contributed by atoms with E-state index in [1.54, 1.807) is 25.1 Å². The third kappa shape index (κ3) is 3.34. The average Bonchev–Trinajstić information content (AvgIpc) is 2.55. The van der Waals surface area contributed by atoms with Crippen molar-refractivity contribution in [3.63, 3.8) is 0 Å². The summed E-state index contributed by atoms with van der Waals surface area (Å²) in [5.41, 5.74) is 0.938. The lowest BCUT2D eigenvalue weighted by Crippen LogP contribution is -2.29. The maximum Gasteiger partial charge on any atom is 0.314 e. The summed E-state index contributed by atoms with van der Waals surface area (Å²) >= 11 is 0. The number of sulfonamides is 1. The second kappa shape index (κ2) is 6.21. The Bertz CT molecular complexity index is 1180. The van der Waals surface area contributed by atoms with Crippen LogP contribution in [-0.4, -0.2) is 18.4 Å². The van der Waals surface area contributed by atoms with E-state index < -0.39 is 21.1 Å². The van der Waals surface area contributed by atoms with Gasteiger partial charge in [-0.05, 0) is 48.7 Å². The summed E-state index contributed by atoms with van der Waals surface area (Å²) in [6, 6.07) is 10.0. The Hall–Kier alpha value is -2.87. The van der Waals surface area contributed by atoms with Gasteiger partial charge in [0.05, 0.1) is 15.9 Å². The van der Waals surface area contributed by atoms with Gasteiger partial charge in [-0.1, -0.05) is 19.1 Å². The highest BCUT2D eigenvalue weighted by atomic mass is 32.2. The molecule has 8 heteroatoms.